The fraction of sp³-hybridized carbons (Fsp3) is 0.500. The molecule has 0 radical (unpaired) electrons. The van der Waals surface area contributed by atoms with Gasteiger partial charge < -0.3 is 5.11 Å². The highest BCUT2D eigenvalue weighted by Gasteiger charge is 2.20. The molecule has 0 amide bonds. The summed E-state index contributed by atoms with van der Waals surface area (Å²) in [5.74, 6) is -1.43. The first-order chi connectivity index (χ1) is 9.01. The number of carboxylic acids is 1. The molecule has 2 heterocycles. The van der Waals surface area contributed by atoms with Gasteiger partial charge in [0, 0.05) is 13.6 Å². The minimum Gasteiger partial charge on any atom is -0.475 e. The number of aromatic carboxylic acids is 1. The van der Waals surface area contributed by atoms with E-state index in [1.165, 1.54) is 4.68 Å². The Morgan fingerprint density at radius 3 is 2.58 bits per heavy atom. The lowest BCUT2D eigenvalue weighted by molar-refractivity contribution is 0.0676. The maximum Gasteiger partial charge on any atom is 0.372 e. The number of aromatic nitrogens is 4. The van der Waals surface area contributed by atoms with Gasteiger partial charge in [-0.3, -0.25) is 14.0 Å². The second-order valence-corrected chi connectivity index (χ2v) is 4.31. The Hall–Kier alpha value is -2.18. The minimum absolute atomic E-state index is 0.231. The van der Waals surface area contributed by atoms with Gasteiger partial charge in [-0.2, -0.15) is 5.10 Å². The van der Waals surface area contributed by atoms with E-state index in [9.17, 15) is 9.59 Å². The number of hydrogen-bond donors (Lipinski definition) is 1. The minimum atomic E-state index is -1.20. The maximum absolute atomic E-state index is 12.3. The summed E-state index contributed by atoms with van der Waals surface area (Å²) in [4.78, 5) is 27.7. The van der Waals surface area contributed by atoms with Crippen LogP contribution in [0.5, 0.6) is 0 Å². The van der Waals surface area contributed by atoms with Crippen molar-refractivity contribution in [2.45, 2.75) is 33.2 Å². The van der Waals surface area contributed by atoms with E-state index in [0.29, 0.717) is 23.1 Å². The van der Waals surface area contributed by atoms with Crippen LogP contribution < -0.4 is 5.56 Å². The van der Waals surface area contributed by atoms with E-state index >= 15 is 0 Å². The third-order valence-corrected chi connectivity index (χ3v) is 3.01. The van der Waals surface area contributed by atoms with Crippen LogP contribution in [0.25, 0.3) is 11.0 Å². The van der Waals surface area contributed by atoms with E-state index in [4.69, 9.17) is 5.11 Å². The molecule has 0 aliphatic heterocycles. The largest absolute Gasteiger partial charge is 0.475 e. The van der Waals surface area contributed by atoms with Crippen LogP contribution in [0.4, 0.5) is 0 Å². The number of rotatable bonds is 4. The summed E-state index contributed by atoms with van der Waals surface area (Å²) in [5, 5.41) is 13.4. The van der Waals surface area contributed by atoms with Crippen molar-refractivity contribution in [3.8, 4) is 0 Å². The summed E-state index contributed by atoms with van der Waals surface area (Å²) in [6.07, 6.45) is 1.52. The number of nitrogens with zero attached hydrogens (tertiary/aromatic N) is 4. The molecule has 2 aromatic rings. The van der Waals surface area contributed by atoms with Crippen molar-refractivity contribution >= 4 is 17.0 Å². The monoisotopic (exact) mass is 264 g/mol. The molecule has 7 heteroatoms. The molecule has 0 aliphatic carbocycles. The van der Waals surface area contributed by atoms with Crippen molar-refractivity contribution in [2.24, 2.45) is 7.05 Å². The van der Waals surface area contributed by atoms with Gasteiger partial charge in [0.25, 0.3) is 5.56 Å². The fourth-order valence-electron chi connectivity index (χ4n) is 2.18. The Kier molecular flexibility index (Phi) is 3.37. The lowest BCUT2D eigenvalue weighted by Crippen LogP contribution is -2.28. The van der Waals surface area contributed by atoms with Crippen molar-refractivity contribution < 1.29 is 9.90 Å². The molecule has 2 aromatic heterocycles. The summed E-state index contributed by atoms with van der Waals surface area (Å²) < 4.78 is 2.63. The molecular weight excluding hydrogens is 248 g/mol. The molecule has 0 aromatic carbocycles. The third-order valence-electron chi connectivity index (χ3n) is 3.01. The molecule has 0 bridgehead atoms. The normalized spacial score (nSPS) is 11.1. The summed E-state index contributed by atoms with van der Waals surface area (Å²) in [6, 6.07) is 0. The molecule has 0 atom stereocenters. The number of fused-ring (bicyclic) bond motifs is 1. The molecule has 0 saturated heterocycles. The van der Waals surface area contributed by atoms with Crippen molar-refractivity contribution in [1.82, 2.24) is 19.3 Å². The fourth-order valence-corrected chi connectivity index (χ4v) is 2.18. The molecule has 0 fully saturated rings. The number of aryl methyl sites for hydroxylation is 2. The van der Waals surface area contributed by atoms with E-state index < -0.39 is 5.97 Å². The van der Waals surface area contributed by atoms with Crippen LogP contribution in [0.3, 0.4) is 0 Å². The first-order valence-corrected chi connectivity index (χ1v) is 6.20. The SMILES string of the molecule is CCCc1nn(C)c2c(=O)n(CC)c(C(=O)O)nc12. The highest BCUT2D eigenvalue weighted by atomic mass is 16.4. The van der Waals surface area contributed by atoms with E-state index in [0.717, 1.165) is 11.0 Å². The Bertz CT molecular complexity index is 699. The predicted molar refractivity (Wildman–Crippen MR) is 69.4 cm³/mol. The number of carboxylic acid groups (broad SMARTS) is 1. The molecule has 102 valence electrons. The molecule has 0 spiro atoms. The molecule has 0 saturated carbocycles. The summed E-state index contributed by atoms with van der Waals surface area (Å²) in [6.45, 7) is 3.97. The number of carbonyl (C=O) groups is 1. The van der Waals surface area contributed by atoms with Gasteiger partial charge in [-0.25, -0.2) is 9.78 Å². The van der Waals surface area contributed by atoms with Crippen molar-refractivity contribution in [1.29, 1.82) is 0 Å². The highest BCUT2D eigenvalue weighted by Crippen LogP contribution is 2.14. The highest BCUT2D eigenvalue weighted by molar-refractivity contribution is 5.87. The Morgan fingerprint density at radius 2 is 2.05 bits per heavy atom. The van der Waals surface area contributed by atoms with E-state index in [1.807, 2.05) is 6.92 Å². The molecule has 7 nitrogen and oxygen atoms in total. The predicted octanol–water partition coefficient (Wildman–Crippen LogP) is 0.801. The average Bonchev–Trinajstić information content (AvgIpc) is 2.66. The van der Waals surface area contributed by atoms with Gasteiger partial charge in [-0.1, -0.05) is 13.3 Å². The maximum atomic E-state index is 12.3. The molecular formula is C12H16N4O3. The lowest BCUT2D eigenvalue weighted by atomic mass is 10.2. The zero-order valence-electron chi connectivity index (χ0n) is 11.2. The standard InChI is InChI=1S/C12H16N4O3/c1-4-6-7-8-9(15(3)14-7)11(17)16(5-2)10(13-8)12(18)19/h4-6H2,1-3H3,(H,18,19). The first kappa shape index (κ1) is 13.3. The lowest BCUT2D eigenvalue weighted by Gasteiger charge is -2.06. The van der Waals surface area contributed by atoms with Crippen molar-refractivity contribution in [3.05, 3.63) is 21.9 Å². The van der Waals surface area contributed by atoms with Gasteiger partial charge >= 0.3 is 5.97 Å². The van der Waals surface area contributed by atoms with Gasteiger partial charge in [0.05, 0.1) is 5.69 Å². The quantitative estimate of drug-likeness (QED) is 0.882. The first-order valence-electron chi connectivity index (χ1n) is 6.20. The number of hydrogen-bond acceptors (Lipinski definition) is 4. The Labute approximate surface area is 109 Å². The Balaban J connectivity index is 2.89. The molecule has 0 unspecified atom stereocenters. The molecule has 19 heavy (non-hydrogen) atoms. The van der Waals surface area contributed by atoms with E-state index in [1.54, 1.807) is 14.0 Å². The molecule has 2 rings (SSSR count). The second-order valence-electron chi connectivity index (χ2n) is 4.31. The topological polar surface area (TPSA) is 90.0 Å². The van der Waals surface area contributed by atoms with E-state index in [-0.39, 0.29) is 17.9 Å². The summed E-state index contributed by atoms with van der Waals surface area (Å²) >= 11 is 0. The van der Waals surface area contributed by atoms with Gasteiger partial charge in [-0.15, -0.1) is 0 Å². The van der Waals surface area contributed by atoms with Gasteiger partial charge in [0.15, 0.2) is 5.52 Å². The van der Waals surface area contributed by atoms with Crippen LogP contribution in [0.15, 0.2) is 4.79 Å². The van der Waals surface area contributed by atoms with Crippen LogP contribution in [-0.4, -0.2) is 30.4 Å². The van der Waals surface area contributed by atoms with Gasteiger partial charge in [0.2, 0.25) is 5.82 Å². The van der Waals surface area contributed by atoms with Crippen LogP contribution in [0.2, 0.25) is 0 Å². The smallest absolute Gasteiger partial charge is 0.372 e. The second kappa shape index (κ2) is 4.83. The van der Waals surface area contributed by atoms with Crippen molar-refractivity contribution in [3.63, 3.8) is 0 Å². The van der Waals surface area contributed by atoms with Crippen molar-refractivity contribution in [2.75, 3.05) is 0 Å². The third kappa shape index (κ3) is 2.00. The zero-order chi connectivity index (χ0) is 14.2. The molecule has 1 N–H and O–H groups in total. The summed E-state index contributed by atoms with van der Waals surface area (Å²) in [5.41, 5.74) is 1.07. The van der Waals surface area contributed by atoms with Crippen LogP contribution in [0, 0.1) is 0 Å². The van der Waals surface area contributed by atoms with Crippen LogP contribution >= 0.6 is 0 Å². The Morgan fingerprint density at radius 1 is 1.37 bits per heavy atom. The van der Waals surface area contributed by atoms with Gasteiger partial charge in [-0.05, 0) is 13.3 Å². The summed E-state index contributed by atoms with van der Waals surface area (Å²) in [7, 11) is 1.67. The van der Waals surface area contributed by atoms with Gasteiger partial charge in [0.1, 0.15) is 5.52 Å². The average molecular weight is 264 g/mol. The van der Waals surface area contributed by atoms with E-state index in [2.05, 4.69) is 10.1 Å². The zero-order valence-corrected chi connectivity index (χ0v) is 11.2. The molecule has 0 aliphatic rings. The van der Waals surface area contributed by atoms with Crippen LogP contribution in [0.1, 0.15) is 36.6 Å². The van der Waals surface area contributed by atoms with Crippen LogP contribution in [-0.2, 0) is 20.0 Å².